The summed E-state index contributed by atoms with van der Waals surface area (Å²) >= 11 is 0. The van der Waals surface area contributed by atoms with Crippen LogP contribution in [0.25, 0.3) is 10.8 Å². The Kier molecular flexibility index (Phi) is 17.0. The number of rotatable bonds is 9. The molecule has 6 aliphatic heterocycles. The van der Waals surface area contributed by atoms with Gasteiger partial charge in [0.05, 0.1) is 60.8 Å². The number of aliphatic hydroxyl groups is 2. The smallest absolute Gasteiger partial charge is 0.320 e. The van der Waals surface area contributed by atoms with Crippen LogP contribution in [0.5, 0.6) is 17.2 Å². The number of hydrogen-bond acceptors (Lipinski definition) is 17. The number of aliphatic hydroxyl groups excluding tert-OH is 2. The van der Waals surface area contributed by atoms with Gasteiger partial charge < -0.3 is 59.6 Å². The molecule has 1 unspecified atom stereocenters. The fraction of sp³-hybridized carbons (Fsp3) is 0.679. The van der Waals surface area contributed by atoms with Crippen molar-refractivity contribution in [3.05, 3.63) is 45.6 Å². The van der Waals surface area contributed by atoms with E-state index in [9.17, 15) is 30.0 Å². The third-order valence-corrected chi connectivity index (χ3v) is 15.4. The van der Waals surface area contributed by atoms with E-state index in [1.807, 2.05) is 6.92 Å². The molecule has 10 atom stereocenters. The molecule has 2 fully saturated rings. The molecule has 5 bridgehead atoms. The van der Waals surface area contributed by atoms with Crippen LogP contribution in [-0.2, 0) is 28.5 Å². The standard InChI is InChI=1S/C53H78N6O12/c1-28(2)27-59-18-15-53(16-19-59)56-41-38-39-46(63)35(9)49-40(38)50(65)52(10,71-49)70-31(5)25-36(67-11)32(6)48(69-37(60)26-54-17-20-58-21-23-68-24-22-58)34(8)45(62)33(7)44(61)29(3)13-12-14-30(4)51(66)55-43(47(39)64)42(41)57-53/h12-14,28-29,31-34,36,44-45,48,54,56,61-64H,15-27H2,1-11H3/b13-12+,30-14-,55-43?/t29-,31?,32+,33+,34+,36-,44-,45+,48+,52-/m0/s1. The van der Waals surface area contributed by atoms with Crippen molar-refractivity contribution in [2.75, 3.05) is 78.0 Å². The number of phenolic OH excluding ortho intramolecular Hbond substituents is 2. The number of carbonyl (C=O) groups excluding carboxylic acids is 3. The number of Topliss-reactive ketones (excluding diaryl/α,β-unsaturated/α-hetero) is 1. The molecule has 6 heterocycles. The van der Waals surface area contributed by atoms with Gasteiger partial charge in [-0.15, -0.1) is 0 Å². The quantitative estimate of drug-likeness (QED) is 0.119. The van der Waals surface area contributed by atoms with Gasteiger partial charge in [-0.05, 0) is 26.7 Å². The molecular formula is C53H78N6O12. The van der Waals surface area contributed by atoms with E-state index in [0.717, 1.165) is 39.3 Å². The monoisotopic (exact) mass is 991 g/mol. The molecular weight excluding hydrogens is 913 g/mol. The molecule has 2 aromatic rings. The van der Waals surface area contributed by atoms with Gasteiger partial charge in [-0.1, -0.05) is 59.8 Å². The normalized spacial score (nSPS) is 32.3. The minimum absolute atomic E-state index is 0.0674. The maximum Gasteiger partial charge on any atom is 0.320 e. The van der Waals surface area contributed by atoms with E-state index in [0.29, 0.717) is 44.2 Å². The number of methoxy groups -OCH3 is 1. The van der Waals surface area contributed by atoms with E-state index in [1.54, 1.807) is 66.9 Å². The molecule has 2 aromatic carbocycles. The van der Waals surface area contributed by atoms with Crippen molar-refractivity contribution in [3.63, 3.8) is 0 Å². The first-order valence-corrected chi connectivity index (χ1v) is 25.5. The summed E-state index contributed by atoms with van der Waals surface area (Å²) in [5.74, 6) is -6.43. The summed E-state index contributed by atoms with van der Waals surface area (Å²) in [7, 11) is 1.54. The Labute approximate surface area is 417 Å². The number of allylic oxidation sites excluding steroid dienone is 2. The van der Waals surface area contributed by atoms with Gasteiger partial charge in [-0.25, -0.2) is 4.99 Å². The largest absolute Gasteiger partial charge is 0.507 e. The number of carbonyl (C=O) groups is 3. The molecule has 18 nitrogen and oxygen atoms in total. The Bertz CT molecular complexity index is 2500. The molecule has 18 heteroatoms. The van der Waals surface area contributed by atoms with Gasteiger partial charge in [0.2, 0.25) is 5.78 Å². The predicted octanol–water partition coefficient (Wildman–Crippen LogP) is 3.92. The number of aromatic hydroxyl groups is 2. The number of piperidine rings is 1. The Morgan fingerprint density at radius 3 is 2.30 bits per heavy atom. The minimum Gasteiger partial charge on any atom is -0.507 e. The minimum atomic E-state index is -1.92. The lowest BCUT2D eigenvalue weighted by Gasteiger charge is -2.39. The van der Waals surface area contributed by atoms with E-state index in [1.165, 1.54) is 6.92 Å². The van der Waals surface area contributed by atoms with Gasteiger partial charge >= 0.3 is 5.97 Å². The van der Waals surface area contributed by atoms with Crippen LogP contribution in [0, 0.1) is 36.5 Å². The lowest BCUT2D eigenvalue weighted by molar-refractivity contribution is -0.174. The zero-order chi connectivity index (χ0) is 51.7. The van der Waals surface area contributed by atoms with Crippen LogP contribution in [-0.4, -0.2) is 163 Å². The molecule has 0 aliphatic carbocycles. The van der Waals surface area contributed by atoms with Crippen LogP contribution in [0.4, 0.5) is 5.69 Å². The number of esters is 1. The highest BCUT2D eigenvalue weighted by Crippen LogP contribution is 2.51. The second-order valence-electron chi connectivity index (χ2n) is 21.3. The number of hydrogen-bond donors (Lipinski definition) is 6. The fourth-order valence-corrected chi connectivity index (χ4v) is 11.1. The summed E-state index contributed by atoms with van der Waals surface area (Å²) in [5, 5.41) is 54.8. The summed E-state index contributed by atoms with van der Waals surface area (Å²) in [6.45, 7) is 24.6. The summed E-state index contributed by atoms with van der Waals surface area (Å²) in [6, 6.07) is 0. The topological polar surface area (TPSA) is 234 Å². The van der Waals surface area contributed by atoms with Crippen molar-refractivity contribution in [1.29, 1.82) is 0 Å². The van der Waals surface area contributed by atoms with E-state index in [2.05, 4.69) is 39.3 Å². The van der Waals surface area contributed by atoms with Crippen molar-refractivity contribution in [3.8, 4) is 17.2 Å². The number of nitrogens with one attached hydrogen (secondary N) is 2. The number of fused-ring (bicyclic) bond motifs is 14. The summed E-state index contributed by atoms with van der Waals surface area (Å²) in [5.41, 5.74) is -0.0574. The first-order chi connectivity index (χ1) is 33.6. The van der Waals surface area contributed by atoms with Gasteiger partial charge in [0.1, 0.15) is 34.0 Å². The van der Waals surface area contributed by atoms with Crippen LogP contribution < -0.4 is 26.1 Å². The first kappa shape index (κ1) is 54.2. The molecule has 6 N–H and O–H groups in total. The molecule has 8 rings (SSSR count). The third-order valence-electron chi connectivity index (χ3n) is 15.4. The van der Waals surface area contributed by atoms with Crippen molar-refractivity contribution in [2.45, 2.75) is 130 Å². The lowest BCUT2D eigenvalue weighted by atomic mass is 9.78. The third kappa shape index (κ3) is 11.3. The fourth-order valence-electron chi connectivity index (χ4n) is 11.1. The van der Waals surface area contributed by atoms with Gasteiger partial charge in [0.25, 0.3) is 11.7 Å². The van der Waals surface area contributed by atoms with E-state index in [-0.39, 0.29) is 62.7 Å². The summed E-state index contributed by atoms with van der Waals surface area (Å²) < 4.78 is 30.9. The van der Waals surface area contributed by atoms with Gasteiger partial charge in [-0.3, -0.25) is 24.3 Å². The van der Waals surface area contributed by atoms with Crippen molar-refractivity contribution in [1.82, 2.24) is 15.1 Å². The Balaban J connectivity index is 1.28. The predicted molar refractivity (Wildman–Crippen MR) is 267 cm³/mol. The number of morpholine rings is 1. The zero-order valence-electron chi connectivity index (χ0n) is 43.5. The number of phenols is 2. The highest BCUT2D eigenvalue weighted by atomic mass is 16.7. The van der Waals surface area contributed by atoms with Crippen LogP contribution in [0.1, 0.15) is 97.5 Å². The SMILES string of the molecule is CO[C@H]1CC(C)O[C@@]2(C)Oc3c(C)c(O)c4c(O)c(c5c(c4c3C2=O)NC2(CCN(CC(C)C)CC2)N=5)=NC(=O)/C(C)=C\C=C\[C@H](C)[C@H](O)[C@@H](C)[C@@H](O)[C@@H](C)[C@H](OC(=O)CNCCN2CCOCC2)[C@@H]1C. The molecule has 0 saturated carbocycles. The van der Waals surface area contributed by atoms with E-state index >= 15 is 4.79 Å². The molecule has 1 spiro atoms. The average molecular weight is 991 g/mol. The number of amides is 1. The van der Waals surface area contributed by atoms with Crippen LogP contribution in [0.3, 0.4) is 0 Å². The van der Waals surface area contributed by atoms with Crippen molar-refractivity contribution >= 4 is 34.1 Å². The molecule has 0 radical (unpaired) electrons. The first-order valence-electron chi connectivity index (χ1n) is 25.5. The second kappa shape index (κ2) is 22.3. The van der Waals surface area contributed by atoms with E-state index < -0.39 is 89.1 Å². The van der Waals surface area contributed by atoms with Crippen LogP contribution in [0.15, 0.2) is 33.8 Å². The zero-order valence-corrected chi connectivity index (χ0v) is 43.5. The second-order valence-corrected chi connectivity index (χ2v) is 21.3. The molecule has 0 aromatic heterocycles. The van der Waals surface area contributed by atoms with Gasteiger partial charge in [0, 0.05) is 119 Å². The molecule has 1 amide bonds. The number of nitrogens with zero attached hydrogens (tertiary/aromatic N) is 4. The molecule has 71 heavy (non-hydrogen) atoms. The Morgan fingerprint density at radius 2 is 1.63 bits per heavy atom. The lowest BCUT2D eigenvalue weighted by Crippen LogP contribution is -2.49. The molecule has 2 saturated heterocycles. The maximum atomic E-state index is 15.1. The number of ether oxygens (including phenoxy) is 5. The number of ketones is 1. The van der Waals surface area contributed by atoms with Crippen LogP contribution in [0.2, 0.25) is 0 Å². The summed E-state index contributed by atoms with van der Waals surface area (Å²) in [4.78, 5) is 57.0. The van der Waals surface area contributed by atoms with E-state index in [4.69, 9.17) is 28.7 Å². The van der Waals surface area contributed by atoms with Crippen molar-refractivity contribution in [2.24, 2.45) is 39.6 Å². The summed E-state index contributed by atoms with van der Waals surface area (Å²) in [6.07, 6.45) is 1.84. The highest BCUT2D eigenvalue weighted by molar-refractivity contribution is 6.21. The van der Waals surface area contributed by atoms with Crippen LogP contribution >= 0.6 is 0 Å². The molecule has 392 valence electrons. The Morgan fingerprint density at radius 1 is 0.944 bits per heavy atom. The highest BCUT2D eigenvalue weighted by Gasteiger charge is 2.51. The van der Waals surface area contributed by atoms with Gasteiger partial charge in [-0.2, -0.15) is 0 Å². The number of anilines is 1. The maximum absolute atomic E-state index is 15.1. The number of benzene rings is 2. The van der Waals surface area contributed by atoms with Crippen molar-refractivity contribution < 1.29 is 58.5 Å². The van der Waals surface area contributed by atoms with Gasteiger partial charge in [0.15, 0.2) is 5.75 Å². The Hall–Kier alpha value is -4.53. The molecule has 6 aliphatic rings. The average Bonchev–Trinajstić information content (AvgIpc) is 3.83. The number of likely N-dealkylation sites (tertiary alicyclic amines) is 1.